The highest BCUT2D eigenvalue weighted by molar-refractivity contribution is 9.11. The summed E-state index contributed by atoms with van der Waals surface area (Å²) in [5.41, 5.74) is 7.30. The lowest BCUT2D eigenvalue weighted by Gasteiger charge is -2.19. The van der Waals surface area contributed by atoms with Crippen molar-refractivity contribution in [1.29, 1.82) is 0 Å². The number of halogens is 2. The van der Waals surface area contributed by atoms with Crippen molar-refractivity contribution >= 4 is 37.5 Å². The highest BCUT2D eigenvalue weighted by Gasteiger charge is 2.13. The molecule has 1 aromatic carbocycles. The summed E-state index contributed by atoms with van der Waals surface area (Å²) in [7, 11) is 1.98. The first-order valence-corrected chi connectivity index (χ1v) is 6.65. The van der Waals surface area contributed by atoms with Crippen LogP contribution in [0.1, 0.15) is 18.6 Å². The molecule has 90 valence electrons. The van der Waals surface area contributed by atoms with Gasteiger partial charge in [0.1, 0.15) is 0 Å². The quantitative estimate of drug-likeness (QED) is 0.820. The lowest BCUT2D eigenvalue weighted by Crippen LogP contribution is -2.24. The van der Waals surface area contributed by atoms with Crippen molar-refractivity contribution in [3.8, 4) is 0 Å². The van der Waals surface area contributed by atoms with Gasteiger partial charge in [-0.2, -0.15) is 0 Å². The van der Waals surface area contributed by atoms with Crippen LogP contribution in [0.25, 0.3) is 0 Å². The van der Waals surface area contributed by atoms with Gasteiger partial charge in [0.15, 0.2) is 0 Å². The molecule has 1 aromatic rings. The largest absolute Gasteiger partial charge is 0.397 e. The number of hydrogen-bond acceptors (Lipinski definition) is 3. The molecule has 1 atom stereocenters. The second-order valence-electron chi connectivity index (χ2n) is 3.77. The van der Waals surface area contributed by atoms with Crippen LogP contribution in [0.3, 0.4) is 0 Å². The topological polar surface area (TPSA) is 49.5 Å². The van der Waals surface area contributed by atoms with E-state index in [1.807, 2.05) is 19.2 Å². The number of aliphatic hydroxyl groups is 1. The van der Waals surface area contributed by atoms with Crippen LogP contribution in [0.5, 0.6) is 0 Å². The van der Waals surface area contributed by atoms with Gasteiger partial charge >= 0.3 is 0 Å². The zero-order valence-electron chi connectivity index (χ0n) is 9.37. The number of likely N-dealkylation sites (N-methyl/N-ethyl adjacent to an activating group) is 1. The van der Waals surface area contributed by atoms with Gasteiger partial charge in [0.05, 0.1) is 11.8 Å². The van der Waals surface area contributed by atoms with Gasteiger partial charge in [-0.25, -0.2) is 0 Å². The van der Waals surface area contributed by atoms with Crippen LogP contribution in [-0.4, -0.2) is 30.1 Å². The molecular formula is C11H16Br2N2O. The maximum atomic E-state index is 10.0. The minimum Gasteiger partial charge on any atom is -0.397 e. The molecule has 0 bridgehead atoms. The molecule has 0 spiro atoms. The maximum absolute atomic E-state index is 10.0. The Morgan fingerprint density at radius 2 is 1.88 bits per heavy atom. The van der Waals surface area contributed by atoms with Crippen molar-refractivity contribution in [2.45, 2.75) is 13.0 Å². The Morgan fingerprint density at radius 1 is 1.38 bits per heavy atom. The Morgan fingerprint density at radius 3 is 2.31 bits per heavy atom. The van der Waals surface area contributed by atoms with E-state index in [0.29, 0.717) is 12.2 Å². The van der Waals surface area contributed by atoms with Crippen molar-refractivity contribution < 1.29 is 5.11 Å². The number of nitrogen functional groups attached to an aromatic ring is 1. The second-order valence-corrected chi connectivity index (χ2v) is 5.48. The standard InChI is InChI=1S/C11H16Br2N2O/c1-3-15(2)6-10(16)7-4-8(12)11(14)9(13)5-7/h4-5,10,16H,3,6,14H2,1-2H3/t10-/m1/s1. The second kappa shape index (κ2) is 6.00. The van der Waals surface area contributed by atoms with Crippen LogP contribution in [-0.2, 0) is 0 Å². The van der Waals surface area contributed by atoms with Crippen molar-refractivity contribution in [1.82, 2.24) is 4.90 Å². The van der Waals surface area contributed by atoms with Gasteiger partial charge in [-0.1, -0.05) is 6.92 Å². The summed E-state index contributed by atoms with van der Waals surface area (Å²) in [6.07, 6.45) is -0.502. The molecule has 0 aliphatic rings. The van der Waals surface area contributed by atoms with E-state index in [9.17, 15) is 5.11 Å². The Labute approximate surface area is 113 Å². The predicted molar refractivity (Wildman–Crippen MR) is 74.4 cm³/mol. The zero-order valence-corrected chi connectivity index (χ0v) is 12.5. The van der Waals surface area contributed by atoms with Crippen LogP contribution in [0.4, 0.5) is 5.69 Å². The van der Waals surface area contributed by atoms with Crippen LogP contribution in [0, 0.1) is 0 Å². The summed E-state index contributed by atoms with van der Waals surface area (Å²) in [4.78, 5) is 2.06. The molecule has 5 heteroatoms. The van der Waals surface area contributed by atoms with Gasteiger partial charge in [0.25, 0.3) is 0 Å². The van der Waals surface area contributed by atoms with E-state index in [0.717, 1.165) is 21.1 Å². The molecular weight excluding hydrogens is 336 g/mol. The average Bonchev–Trinajstić information content (AvgIpc) is 2.24. The molecule has 0 heterocycles. The molecule has 16 heavy (non-hydrogen) atoms. The van der Waals surface area contributed by atoms with Gasteiger partial charge in [-0.3, -0.25) is 0 Å². The number of nitrogens with two attached hydrogens (primary N) is 1. The summed E-state index contributed by atoms with van der Waals surface area (Å²) in [6.45, 7) is 3.58. The molecule has 0 saturated heterocycles. The van der Waals surface area contributed by atoms with Gasteiger partial charge in [-0.05, 0) is 63.1 Å². The lowest BCUT2D eigenvalue weighted by molar-refractivity contribution is 0.129. The minimum atomic E-state index is -0.502. The number of rotatable bonds is 4. The zero-order chi connectivity index (χ0) is 12.3. The molecule has 0 aliphatic heterocycles. The first-order chi connectivity index (χ1) is 7.45. The highest BCUT2D eigenvalue weighted by atomic mass is 79.9. The summed E-state index contributed by atoms with van der Waals surface area (Å²) >= 11 is 6.74. The van der Waals surface area contributed by atoms with Gasteiger partial charge in [0, 0.05) is 15.5 Å². The van der Waals surface area contributed by atoms with Crippen molar-refractivity contribution in [2.24, 2.45) is 0 Å². The Bertz CT molecular complexity index is 348. The third-order valence-corrected chi connectivity index (χ3v) is 3.82. The van der Waals surface area contributed by atoms with E-state index < -0.39 is 6.10 Å². The number of nitrogens with zero attached hydrogens (tertiary/aromatic N) is 1. The third kappa shape index (κ3) is 3.45. The van der Waals surface area contributed by atoms with E-state index in [1.165, 1.54) is 0 Å². The average molecular weight is 352 g/mol. The fourth-order valence-electron chi connectivity index (χ4n) is 1.33. The van der Waals surface area contributed by atoms with Crippen LogP contribution in [0.2, 0.25) is 0 Å². The molecule has 1 rings (SSSR count). The summed E-state index contributed by atoms with van der Waals surface area (Å²) < 4.78 is 1.60. The molecule has 0 unspecified atom stereocenters. The van der Waals surface area contributed by atoms with Crippen LogP contribution >= 0.6 is 31.9 Å². The molecule has 3 N–H and O–H groups in total. The summed E-state index contributed by atoms with van der Waals surface area (Å²) in [6, 6.07) is 3.71. The maximum Gasteiger partial charge on any atom is 0.0917 e. The molecule has 3 nitrogen and oxygen atoms in total. The van der Waals surface area contributed by atoms with E-state index in [1.54, 1.807) is 0 Å². The lowest BCUT2D eigenvalue weighted by atomic mass is 10.1. The van der Waals surface area contributed by atoms with Crippen molar-refractivity contribution in [3.05, 3.63) is 26.6 Å². The van der Waals surface area contributed by atoms with Crippen molar-refractivity contribution in [3.63, 3.8) is 0 Å². The van der Waals surface area contributed by atoms with Gasteiger partial charge in [-0.15, -0.1) is 0 Å². The fourth-order valence-corrected chi connectivity index (χ4v) is 2.55. The first-order valence-electron chi connectivity index (χ1n) is 5.06. The monoisotopic (exact) mass is 350 g/mol. The minimum absolute atomic E-state index is 0.502. The van der Waals surface area contributed by atoms with E-state index in [-0.39, 0.29) is 0 Å². The van der Waals surface area contributed by atoms with E-state index in [4.69, 9.17) is 5.73 Å². The van der Waals surface area contributed by atoms with E-state index >= 15 is 0 Å². The molecule has 0 aromatic heterocycles. The fraction of sp³-hybridized carbons (Fsp3) is 0.455. The number of benzene rings is 1. The van der Waals surface area contributed by atoms with Gasteiger partial charge < -0.3 is 15.7 Å². The third-order valence-electron chi connectivity index (χ3n) is 2.51. The number of anilines is 1. The van der Waals surface area contributed by atoms with Crippen LogP contribution < -0.4 is 5.73 Å². The van der Waals surface area contributed by atoms with Gasteiger partial charge in [0.2, 0.25) is 0 Å². The molecule has 0 amide bonds. The molecule has 0 saturated carbocycles. The number of hydrogen-bond donors (Lipinski definition) is 2. The number of aliphatic hydroxyl groups excluding tert-OH is 1. The first kappa shape index (κ1) is 14.0. The Kier molecular flexibility index (Phi) is 5.24. The summed E-state index contributed by atoms with van der Waals surface area (Å²) in [5, 5.41) is 10.0. The molecule has 0 fully saturated rings. The smallest absolute Gasteiger partial charge is 0.0917 e. The van der Waals surface area contributed by atoms with E-state index in [2.05, 4.69) is 43.7 Å². The normalized spacial score (nSPS) is 13.1. The Balaban J connectivity index is 2.88. The predicted octanol–water partition coefficient (Wildman–Crippen LogP) is 2.78. The SMILES string of the molecule is CCN(C)C[C@@H](O)c1cc(Br)c(N)c(Br)c1. The molecule has 0 radical (unpaired) electrons. The van der Waals surface area contributed by atoms with Crippen LogP contribution in [0.15, 0.2) is 21.1 Å². The Hall–Kier alpha value is -0.100. The summed E-state index contributed by atoms with van der Waals surface area (Å²) in [5.74, 6) is 0. The van der Waals surface area contributed by atoms with Crippen molar-refractivity contribution in [2.75, 3.05) is 25.9 Å². The molecule has 0 aliphatic carbocycles. The highest BCUT2D eigenvalue weighted by Crippen LogP contribution is 2.31.